The Morgan fingerprint density at radius 2 is 1.85 bits per heavy atom. The van der Waals surface area contributed by atoms with Gasteiger partial charge in [-0.2, -0.15) is 4.31 Å². The van der Waals surface area contributed by atoms with Crippen molar-refractivity contribution in [2.45, 2.75) is 32.2 Å². The van der Waals surface area contributed by atoms with Gasteiger partial charge in [-0.15, -0.1) is 0 Å². The Hall–Kier alpha value is -0.990. The van der Waals surface area contributed by atoms with Crippen LogP contribution in [0.1, 0.15) is 26.7 Å². The molecule has 114 valence electrons. The number of rotatable bonds is 3. The van der Waals surface area contributed by atoms with Gasteiger partial charge >= 0.3 is 0 Å². The van der Waals surface area contributed by atoms with Crippen LogP contribution in [-0.4, -0.2) is 55.5 Å². The molecular weight excluding hydrogens is 282 g/mol. The van der Waals surface area contributed by atoms with Crippen molar-refractivity contribution in [3.63, 3.8) is 0 Å². The Labute approximate surface area is 119 Å². The van der Waals surface area contributed by atoms with Gasteiger partial charge in [-0.1, -0.05) is 0 Å². The van der Waals surface area contributed by atoms with Crippen molar-refractivity contribution in [1.29, 1.82) is 0 Å². The largest absolute Gasteiger partial charge is 0.317 e. The maximum absolute atomic E-state index is 12.5. The molecule has 0 spiro atoms. The summed E-state index contributed by atoms with van der Waals surface area (Å²) < 4.78 is 26.1. The molecule has 0 unspecified atom stereocenters. The highest BCUT2D eigenvalue weighted by molar-refractivity contribution is 7.89. The molecule has 0 aromatic carbocycles. The highest BCUT2D eigenvalue weighted by Gasteiger charge is 2.47. The first-order chi connectivity index (χ1) is 9.23. The van der Waals surface area contributed by atoms with Gasteiger partial charge in [-0.25, -0.2) is 8.42 Å². The normalized spacial score (nSPS) is 25.5. The predicted molar refractivity (Wildman–Crippen MR) is 73.3 cm³/mol. The SMILES string of the molecule is CC1(C)C(=O)NC(=O)CN1S(=O)(=O)CC1CCNCC1. The van der Waals surface area contributed by atoms with Crippen LogP contribution in [-0.2, 0) is 19.6 Å². The van der Waals surface area contributed by atoms with Crippen LogP contribution in [0.4, 0.5) is 0 Å². The molecule has 2 rings (SSSR count). The second-order valence-corrected chi connectivity index (χ2v) is 7.85. The van der Waals surface area contributed by atoms with Crippen LogP contribution in [0.15, 0.2) is 0 Å². The number of nitrogens with one attached hydrogen (secondary N) is 2. The molecule has 0 aromatic heterocycles. The standard InChI is InChI=1S/C12H21N3O4S/c1-12(2)11(17)14-10(16)7-15(12)20(18,19)8-9-3-5-13-6-4-9/h9,13H,3-8H2,1-2H3,(H,14,16,17). The van der Waals surface area contributed by atoms with Gasteiger partial charge in [-0.3, -0.25) is 14.9 Å². The molecule has 2 heterocycles. The van der Waals surface area contributed by atoms with Gasteiger partial charge < -0.3 is 5.32 Å². The van der Waals surface area contributed by atoms with Crippen molar-refractivity contribution >= 4 is 21.8 Å². The Bertz CT molecular complexity index is 509. The minimum absolute atomic E-state index is 0.00132. The van der Waals surface area contributed by atoms with Crippen LogP contribution in [0.2, 0.25) is 0 Å². The first-order valence-corrected chi connectivity index (χ1v) is 8.40. The summed E-state index contributed by atoms with van der Waals surface area (Å²) in [5, 5.41) is 5.37. The fraction of sp³-hybridized carbons (Fsp3) is 0.833. The van der Waals surface area contributed by atoms with Crippen LogP contribution in [0.25, 0.3) is 0 Å². The predicted octanol–water partition coefficient (Wildman–Crippen LogP) is -0.947. The molecule has 0 aromatic rings. The van der Waals surface area contributed by atoms with Crippen molar-refractivity contribution in [1.82, 2.24) is 14.9 Å². The van der Waals surface area contributed by atoms with Crippen LogP contribution < -0.4 is 10.6 Å². The number of sulfonamides is 1. The summed E-state index contributed by atoms with van der Waals surface area (Å²) in [5.74, 6) is -1.05. The third-order valence-electron chi connectivity index (χ3n) is 3.96. The van der Waals surface area contributed by atoms with Gasteiger partial charge in [0.05, 0.1) is 12.3 Å². The number of carbonyl (C=O) groups excluding carboxylic acids is 2. The number of hydrogen-bond donors (Lipinski definition) is 2. The van der Waals surface area contributed by atoms with E-state index in [4.69, 9.17) is 0 Å². The fourth-order valence-electron chi connectivity index (χ4n) is 2.64. The lowest BCUT2D eigenvalue weighted by molar-refractivity contribution is -0.141. The number of hydrogen-bond acceptors (Lipinski definition) is 5. The Morgan fingerprint density at radius 1 is 1.25 bits per heavy atom. The third kappa shape index (κ3) is 3.02. The second-order valence-electron chi connectivity index (χ2n) is 5.91. The first kappa shape index (κ1) is 15.4. The zero-order valence-corrected chi connectivity index (χ0v) is 12.6. The molecular formula is C12H21N3O4S. The zero-order valence-electron chi connectivity index (χ0n) is 11.8. The summed E-state index contributed by atoms with van der Waals surface area (Å²) in [5.41, 5.74) is -1.22. The average Bonchev–Trinajstić information content (AvgIpc) is 2.34. The number of piperazine rings is 1. The second kappa shape index (κ2) is 5.42. The van der Waals surface area contributed by atoms with Gasteiger partial charge in [-0.05, 0) is 45.7 Å². The summed E-state index contributed by atoms with van der Waals surface area (Å²) in [7, 11) is -3.63. The average molecular weight is 303 g/mol. The highest BCUT2D eigenvalue weighted by Crippen LogP contribution is 2.25. The van der Waals surface area contributed by atoms with Gasteiger partial charge in [0.2, 0.25) is 21.8 Å². The summed E-state index contributed by atoms with van der Waals surface area (Å²) >= 11 is 0. The molecule has 7 nitrogen and oxygen atoms in total. The van der Waals surface area contributed by atoms with E-state index in [0.717, 1.165) is 30.2 Å². The number of carbonyl (C=O) groups is 2. The highest BCUT2D eigenvalue weighted by atomic mass is 32.2. The van der Waals surface area contributed by atoms with E-state index in [1.54, 1.807) is 0 Å². The molecule has 2 amide bonds. The number of piperidine rings is 1. The van der Waals surface area contributed by atoms with E-state index >= 15 is 0 Å². The summed E-state index contributed by atoms with van der Waals surface area (Å²) in [6.45, 7) is 4.38. The molecule has 0 bridgehead atoms. The number of nitrogens with zero attached hydrogens (tertiary/aromatic N) is 1. The Balaban J connectivity index is 2.18. The van der Waals surface area contributed by atoms with Gasteiger partial charge in [0, 0.05) is 0 Å². The lowest BCUT2D eigenvalue weighted by atomic mass is 10.0. The van der Waals surface area contributed by atoms with Gasteiger partial charge in [0.25, 0.3) is 0 Å². The van der Waals surface area contributed by atoms with Crippen molar-refractivity contribution in [2.75, 3.05) is 25.4 Å². The lowest BCUT2D eigenvalue weighted by Gasteiger charge is -2.39. The van der Waals surface area contributed by atoms with E-state index in [0.29, 0.717) is 0 Å². The van der Waals surface area contributed by atoms with Gasteiger partial charge in [0.15, 0.2) is 0 Å². The van der Waals surface area contributed by atoms with E-state index in [1.807, 2.05) is 0 Å². The van der Waals surface area contributed by atoms with Crippen LogP contribution in [0.5, 0.6) is 0 Å². The molecule has 2 N–H and O–H groups in total. The third-order valence-corrected chi connectivity index (χ3v) is 6.11. The van der Waals surface area contributed by atoms with E-state index in [1.165, 1.54) is 13.8 Å². The topological polar surface area (TPSA) is 95.6 Å². The van der Waals surface area contributed by atoms with Crippen molar-refractivity contribution < 1.29 is 18.0 Å². The molecule has 0 atom stereocenters. The molecule has 2 aliphatic heterocycles. The fourth-order valence-corrected chi connectivity index (χ4v) is 4.84. The minimum Gasteiger partial charge on any atom is -0.317 e. The first-order valence-electron chi connectivity index (χ1n) is 6.79. The smallest absolute Gasteiger partial charge is 0.247 e. The summed E-state index contributed by atoms with van der Waals surface area (Å²) in [6.07, 6.45) is 1.60. The molecule has 0 saturated carbocycles. The molecule has 0 aliphatic carbocycles. The van der Waals surface area contributed by atoms with Crippen molar-refractivity contribution in [3.05, 3.63) is 0 Å². The van der Waals surface area contributed by atoms with E-state index in [9.17, 15) is 18.0 Å². The molecule has 8 heteroatoms. The Kier molecular flexibility index (Phi) is 4.17. The lowest BCUT2D eigenvalue weighted by Crippen LogP contribution is -2.65. The van der Waals surface area contributed by atoms with Crippen LogP contribution in [0.3, 0.4) is 0 Å². The minimum atomic E-state index is -3.63. The molecule has 2 aliphatic rings. The van der Waals surface area contributed by atoms with Crippen molar-refractivity contribution in [3.8, 4) is 0 Å². The monoisotopic (exact) mass is 303 g/mol. The van der Waals surface area contributed by atoms with E-state index in [-0.39, 0.29) is 18.2 Å². The van der Waals surface area contributed by atoms with Gasteiger partial charge in [0.1, 0.15) is 5.54 Å². The number of imide groups is 1. The summed E-state index contributed by atoms with van der Waals surface area (Å²) in [6, 6.07) is 0. The molecule has 2 saturated heterocycles. The maximum Gasteiger partial charge on any atom is 0.247 e. The molecule has 0 radical (unpaired) electrons. The zero-order chi connectivity index (χ0) is 15.0. The maximum atomic E-state index is 12.5. The molecule has 2 fully saturated rings. The Morgan fingerprint density at radius 3 is 2.45 bits per heavy atom. The van der Waals surface area contributed by atoms with E-state index < -0.39 is 27.4 Å². The summed E-state index contributed by atoms with van der Waals surface area (Å²) in [4.78, 5) is 23.3. The van der Waals surface area contributed by atoms with E-state index in [2.05, 4.69) is 10.6 Å². The van der Waals surface area contributed by atoms with Crippen LogP contribution >= 0.6 is 0 Å². The number of amides is 2. The quantitative estimate of drug-likeness (QED) is 0.656. The molecule has 20 heavy (non-hydrogen) atoms. The van der Waals surface area contributed by atoms with Crippen LogP contribution in [0, 0.1) is 5.92 Å². The van der Waals surface area contributed by atoms with Crippen molar-refractivity contribution in [2.24, 2.45) is 5.92 Å².